The minimum absolute atomic E-state index is 0.0378. The molecule has 12 nitrogen and oxygen atoms in total. The van der Waals surface area contributed by atoms with E-state index in [1.807, 2.05) is 135 Å². The van der Waals surface area contributed by atoms with Crippen molar-refractivity contribution in [3.63, 3.8) is 0 Å². The lowest BCUT2D eigenvalue weighted by atomic mass is 10.0. The summed E-state index contributed by atoms with van der Waals surface area (Å²) in [6.45, 7) is 3.81. The van der Waals surface area contributed by atoms with Crippen LogP contribution in [0.25, 0.3) is 32.3 Å². The van der Waals surface area contributed by atoms with Gasteiger partial charge in [0.25, 0.3) is 0 Å². The standard InChI is InChI=1S/C28H30O6S.C25H28O6S/c1-28(2)33-23(13-9-15-26(30)31-3)24(34-28)17-16-21-20-12-7-8-14-25(20)35-27(21)22(29)18-32-19-10-5-4-6-11-19;1-30-24(29)13-7-11-20(26)21(27)15-14-19-18-10-5-6-12-23(18)32-25(19)22(28)16-31-17-8-3-2-4-9-17/h4-8,10-12,14,16-17,23-24H,9,13,15,18H2,1-3H3;2-6,8-10,12,14-15,20-22,26-28H,7,11,13,16H2,1H3/b17-16+;15-14+/t23-,24+;20-,21+,22-/m00/s1. The number of carbonyl (C=O) groups excluding carboxylic acids is 3. The van der Waals surface area contributed by atoms with Gasteiger partial charge in [0, 0.05) is 43.5 Å². The van der Waals surface area contributed by atoms with Gasteiger partial charge in [-0.2, -0.15) is 0 Å². The highest BCUT2D eigenvalue weighted by Gasteiger charge is 2.39. The highest BCUT2D eigenvalue weighted by Crippen LogP contribution is 2.38. The quantitative estimate of drug-likeness (QED) is 0.0462. The van der Waals surface area contributed by atoms with E-state index in [0.717, 1.165) is 36.2 Å². The SMILES string of the molecule is COC(=O)CCC[C@@H]1OC(C)(C)O[C@@H]1/C=C/c1c(C(=O)COc2ccccc2)sc2ccccc12.COC(=O)CCC[C@H](O)[C@H](O)/C=C/c1c([C@@H](O)COc2ccccc2)sc2ccccc12. The molecule has 7 rings (SSSR count). The van der Waals surface area contributed by atoms with Crippen molar-refractivity contribution in [2.45, 2.75) is 88.7 Å². The van der Waals surface area contributed by atoms with Gasteiger partial charge < -0.3 is 43.7 Å². The summed E-state index contributed by atoms with van der Waals surface area (Å²) >= 11 is 2.94. The third-order valence-electron chi connectivity index (χ3n) is 10.9. The molecule has 0 amide bonds. The predicted molar refractivity (Wildman–Crippen MR) is 262 cm³/mol. The average molecular weight is 951 g/mol. The van der Waals surface area contributed by atoms with E-state index >= 15 is 0 Å². The van der Waals surface area contributed by atoms with Crippen LogP contribution in [0.3, 0.4) is 0 Å². The molecule has 354 valence electrons. The number of Topliss-reactive ketones (excluding diaryl/α,β-unsaturated/α-hetero) is 1. The van der Waals surface area contributed by atoms with Crippen molar-refractivity contribution in [1.29, 1.82) is 0 Å². The van der Waals surface area contributed by atoms with Crippen LogP contribution in [0.1, 0.15) is 84.2 Å². The molecule has 3 N–H and O–H groups in total. The van der Waals surface area contributed by atoms with Gasteiger partial charge >= 0.3 is 11.9 Å². The van der Waals surface area contributed by atoms with Crippen molar-refractivity contribution in [3.05, 3.63) is 142 Å². The second-order valence-electron chi connectivity index (χ2n) is 16.2. The van der Waals surface area contributed by atoms with Crippen molar-refractivity contribution in [2.24, 2.45) is 0 Å². The fourth-order valence-electron chi connectivity index (χ4n) is 7.48. The van der Waals surface area contributed by atoms with Gasteiger partial charge in [-0.15, -0.1) is 22.7 Å². The van der Waals surface area contributed by atoms with E-state index < -0.39 is 24.1 Å². The van der Waals surface area contributed by atoms with Crippen molar-refractivity contribution >= 4 is 72.7 Å². The van der Waals surface area contributed by atoms with Crippen LogP contribution in [0.5, 0.6) is 11.5 Å². The molecule has 0 spiro atoms. The highest BCUT2D eigenvalue weighted by molar-refractivity contribution is 7.21. The zero-order valence-electron chi connectivity index (χ0n) is 38.1. The lowest BCUT2D eigenvalue weighted by Gasteiger charge is -2.16. The summed E-state index contributed by atoms with van der Waals surface area (Å²) in [6.07, 6.45) is 6.23. The Morgan fingerprint density at radius 1 is 0.701 bits per heavy atom. The van der Waals surface area contributed by atoms with Crippen LogP contribution in [-0.4, -0.2) is 90.7 Å². The summed E-state index contributed by atoms with van der Waals surface area (Å²) in [7, 11) is 2.71. The number of aliphatic hydroxyl groups excluding tert-OH is 3. The van der Waals surface area contributed by atoms with Gasteiger partial charge in [0.05, 0.1) is 37.4 Å². The molecule has 14 heteroatoms. The maximum atomic E-state index is 13.2. The molecule has 0 saturated carbocycles. The zero-order valence-corrected chi connectivity index (χ0v) is 39.7. The molecule has 1 aliphatic rings. The van der Waals surface area contributed by atoms with Crippen molar-refractivity contribution in [2.75, 3.05) is 27.4 Å². The number of hydrogen-bond donors (Lipinski definition) is 3. The van der Waals surface area contributed by atoms with E-state index in [0.29, 0.717) is 42.1 Å². The number of ketones is 1. The molecular weight excluding hydrogens is 893 g/mol. The van der Waals surface area contributed by atoms with Crippen LogP contribution in [0.2, 0.25) is 0 Å². The van der Waals surface area contributed by atoms with Gasteiger partial charge in [-0.25, -0.2) is 0 Å². The largest absolute Gasteiger partial charge is 0.490 e. The van der Waals surface area contributed by atoms with Crippen LogP contribution >= 0.6 is 22.7 Å². The maximum absolute atomic E-state index is 13.2. The molecule has 3 heterocycles. The number of benzene rings is 4. The lowest BCUT2D eigenvalue weighted by Crippen LogP contribution is -2.23. The van der Waals surface area contributed by atoms with Gasteiger partial charge in [0.1, 0.15) is 30.3 Å². The van der Waals surface area contributed by atoms with Crippen LogP contribution in [0.15, 0.2) is 121 Å². The molecule has 1 aliphatic heterocycles. The third kappa shape index (κ3) is 14.6. The highest BCUT2D eigenvalue weighted by atomic mass is 32.1. The molecule has 67 heavy (non-hydrogen) atoms. The van der Waals surface area contributed by atoms with Gasteiger partial charge in [-0.1, -0.05) is 97.1 Å². The van der Waals surface area contributed by atoms with Crippen molar-refractivity contribution in [3.8, 4) is 11.5 Å². The van der Waals surface area contributed by atoms with Crippen molar-refractivity contribution < 1.29 is 58.1 Å². The Morgan fingerprint density at radius 2 is 1.27 bits per heavy atom. The number of hydrogen-bond acceptors (Lipinski definition) is 14. The Morgan fingerprint density at radius 3 is 1.91 bits per heavy atom. The van der Waals surface area contributed by atoms with Gasteiger partial charge in [-0.05, 0) is 81.5 Å². The van der Waals surface area contributed by atoms with Crippen LogP contribution in [0, 0.1) is 0 Å². The maximum Gasteiger partial charge on any atom is 0.305 e. The van der Waals surface area contributed by atoms with E-state index in [9.17, 15) is 29.7 Å². The summed E-state index contributed by atoms with van der Waals surface area (Å²) in [5, 5.41) is 33.4. The average Bonchev–Trinajstić information content (AvgIpc) is 4.01. The van der Waals surface area contributed by atoms with Crippen LogP contribution in [-0.2, 0) is 28.5 Å². The molecule has 0 bridgehead atoms. The smallest absolute Gasteiger partial charge is 0.305 e. The van der Waals surface area contributed by atoms with Crippen LogP contribution in [0.4, 0.5) is 0 Å². The van der Waals surface area contributed by atoms with E-state index in [1.165, 1.54) is 43.0 Å². The number of rotatable bonds is 21. The molecule has 0 radical (unpaired) electrons. The summed E-state index contributed by atoms with van der Waals surface area (Å²) < 4.78 is 35.0. The van der Waals surface area contributed by atoms with E-state index in [2.05, 4.69) is 4.74 Å². The predicted octanol–water partition coefficient (Wildman–Crippen LogP) is 10.1. The molecular formula is C53H58O12S2. The Bertz CT molecular complexity index is 2580. The number of para-hydroxylation sites is 2. The first kappa shape index (κ1) is 50.7. The second kappa shape index (κ2) is 24.9. The molecule has 1 saturated heterocycles. The number of thiophene rings is 2. The second-order valence-corrected chi connectivity index (χ2v) is 18.4. The fourth-order valence-corrected chi connectivity index (χ4v) is 9.76. The molecule has 6 aromatic rings. The first-order valence-corrected chi connectivity index (χ1v) is 23.8. The van der Waals surface area contributed by atoms with E-state index in [4.69, 9.17) is 23.7 Å². The van der Waals surface area contributed by atoms with Crippen LogP contribution < -0.4 is 9.47 Å². The minimum atomic E-state index is -1.10. The number of methoxy groups -OCH3 is 2. The lowest BCUT2D eigenvalue weighted by molar-refractivity contribution is -0.144. The molecule has 1 fully saturated rings. The Labute approximate surface area is 399 Å². The summed E-state index contributed by atoms with van der Waals surface area (Å²) in [5.74, 6) is -0.0515. The van der Waals surface area contributed by atoms with E-state index in [1.54, 1.807) is 6.08 Å². The van der Waals surface area contributed by atoms with Crippen molar-refractivity contribution in [1.82, 2.24) is 0 Å². The zero-order chi connectivity index (χ0) is 47.8. The minimum Gasteiger partial charge on any atom is -0.490 e. The third-order valence-corrected chi connectivity index (χ3v) is 13.4. The summed E-state index contributed by atoms with van der Waals surface area (Å²) in [6, 6.07) is 34.4. The molecule has 5 atom stereocenters. The summed E-state index contributed by atoms with van der Waals surface area (Å²) in [4.78, 5) is 37.2. The normalized spacial score (nSPS) is 16.9. The molecule has 0 aliphatic carbocycles. The number of ether oxygens (including phenoxy) is 6. The monoisotopic (exact) mass is 950 g/mol. The first-order valence-electron chi connectivity index (χ1n) is 22.2. The number of esters is 2. The van der Waals surface area contributed by atoms with Gasteiger partial charge in [0.2, 0.25) is 5.78 Å². The Balaban J connectivity index is 0.000000222. The van der Waals surface area contributed by atoms with Gasteiger partial charge in [0.15, 0.2) is 12.4 Å². The van der Waals surface area contributed by atoms with Gasteiger partial charge in [-0.3, -0.25) is 14.4 Å². The Kier molecular flexibility index (Phi) is 18.8. The summed E-state index contributed by atoms with van der Waals surface area (Å²) in [5.41, 5.74) is 1.64. The number of aliphatic hydroxyl groups is 3. The Hall–Kier alpha value is -5.71. The van der Waals surface area contributed by atoms with E-state index in [-0.39, 0.29) is 56.0 Å². The molecule has 4 aromatic carbocycles. The number of fused-ring (bicyclic) bond motifs is 2. The fraction of sp³-hybridized carbons (Fsp3) is 0.340. The topological polar surface area (TPSA) is 167 Å². The molecule has 2 aromatic heterocycles. The molecule has 0 unspecified atom stereocenters. The number of carbonyl (C=O) groups is 3. The first-order chi connectivity index (χ1) is 32.3.